The lowest BCUT2D eigenvalue weighted by molar-refractivity contribution is 0.112. The van der Waals surface area contributed by atoms with Crippen molar-refractivity contribution in [3.8, 4) is 0 Å². The van der Waals surface area contributed by atoms with Crippen molar-refractivity contribution < 1.29 is 13.2 Å². The average Bonchev–Trinajstić information content (AvgIpc) is 2.60. The van der Waals surface area contributed by atoms with Crippen LogP contribution in [0, 0.1) is 0 Å². The van der Waals surface area contributed by atoms with E-state index in [2.05, 4.69) is 11.3 Å². The highest BCUT2D eigenvalue weighted by molar-refractivity contribution is 7.89. The van der Waals surface area contributed by atoms with Crippen LogP contribution in [0.3, 0.4) is 0 Å². The first-order valence-electron chi connectivity index (χ1n) is 7.94. The second-order valence-corrected chi connectivity index (χ2v) is 8.24. The molecule has 3 rings (SSSR count). The fourth-order valence-electron chi connectivity index (χ4n) is 3.18. The van der Waals surface area contributed by atoms with Gasteiger partial charge < -0.3 is 0 Å². The molecule has 0 heterocycles. The van der Waals surface area contributed by atoms with Gasteiger partial charge in [-0.25, -0.2) is 13.1 Å². The van der Waals surface area contributed by atoms with Gasteiger partial charge in [0.25, 0.3) is 0 Å². The summed E-state index contributed by atoms with van der Waals surface area (Å²) in [6.07, 6.45) is 4.40. The van der Waals surface area contributed by atoms with E-state index in [1.807, 2.05) is 12.1 Å². The number of halogens is 1. The maximum Gasteiger partial charge on any atom is 0.240 e. The number of carbonyl (C=O) groups is 1. The Morgan fingerprint density at radius 3 is 2.56 bits per heavy atom. The molecule has 130 valence electrons. The number of rotatable bonds is 5. The number of benzene rings is 2. The van der Waals surface area contributed by atoms with Crippen LogP contribution in [0.15, 0.2) is 47.9 Å². The number of aldehydes is 1. The molecule has 0 saturated carbocycles. The van der Waals surface area contributed by atoms with Crippen molar-refractivity contribution >= 4 is 34.0 Å². The molecule has 0 bridgehead atoms. The molecule has 6 heteroatoms. The van der Waals surface area contributed by atoms with Crippen LogP contribution in [0.1, 0.15) is 33.5 Å². The smallest absolute Gasteiger partial charge is 0.240 e. The van der Waals surface area contributed by atoms with E-state index in [0.29, 0.717) is 29.8 Å². The molecule has 4 nitrogen and oxygen atoms in total. The first kappa shape index (κ1) is 17.9. The third-order valence-corrected chi connectivity index (χ3v) is 6.21. The van der Waals surface area contributed by atoms with Gasteiger partial charge in [-0.05, 0) is 66.3 Å². The van der Waals surface area contributed by atoms with Crippen molar-refractivity contribution in [1.82, 2.24) is 4.72 Å². The Morgan fingerprint density at radius 1 is 1.20 bits per heavy atom. The van der Waals surface area contributed by atoms with Crippen molar-refractivity contribution in [3.05, 3.63) is 70.3 Å². The van der Waals surface area contributed by atoms with E-state index in [9.17, 15) is 13.2 Å². The molecule has 0 saturated heterocycles. The lowest BCUT2D eigenvalue weighted by atomic mass is 9.85. The summed E-state index contributed by atoms with van der Waals surface area (Å²) in [5.74, 6) is 0. The van der Waals surface area contributed by atoms with Crippen LogP contribution in [-0.4, -0.2) is 20.7 Å². The predicted molar refractivity (Wildman–Crippen MR) is 99.5 cm³/mol. The number of sulfonamides is 1. The summed E-state index contributed by atoms with van der Waals surface area (Å²) in [5.41, 5.74) is 3.52. The van der Waals surface area contributed by atoms with E-state index in [1.54, 1.807) is 18.2 Å². The molecule has 1 aliphatic rings. The summed E-state index contributed by atoms with van der Waals surface area (Å²) < 4.78 is 27.8. The predicted octanol–water partition coefficient (Wildman–Crippen LogP) is 3.63. The third-order valence-electron chi connectivity index (χ3n) is 4.42. The van der Waals surface area contributed by atoms with E-state index in [-0.39, 0.29) is 10.9 Å². The Labute approximate surface area is 152 Å². The molecule has 2 aromatic carbocycles. The molecule has 0 radical (unpaired) electrons. The van der Waals surface area contributed by atoms with Crippen molar-refractivity contribution in [2.24, 2.45) is 0 Å². The summed E-state index contributed by atoms with van der Waals surface area (Å²) >= 11 is 5.82. The van der Waals surface area contributed by atoms with Crippen LogP contribution in [0.25, 0.3) is 6.08 Å². The summed E-state index contributed by atoms with van der Waals surface area (Å²) in [6, 6.07) is 9.66. The number of hydrogen-bond acceptors (Lipinski definition) is 3. The molecule has 0 fully saturated rings. The maximum absolute atomic E-state index is 12.5. The molecular formula is C19H18ClNO3S. The standard InChI is InChI=1S/C19H18ClNO3S/c1-2-13-9-14-11-17(5-8-19(14)15(10-13)12-22)21-25(23,24)18-6-3-16(20)4-7-18/h2-4,6-7,9-10,12,17,21H,1,5,8,11H2. The number of hydrogen-bond donors (Lipinski definition) is 1. The van der Waals surface area contributed by atoms with Gasteiger partial charge in [0.15, 0.2) is 0 Å². The molecular weight excluding hydrogens is 358 g/mol. The van der Waals surface area contributed by atoms with Crippen molar-refractivity contribution in [3.63, 3.8) is 0 Å². The van der Waals surface area contributed by atoms with Gasteiger partial charge in [0.2, 0.25) is 10.0 Å². The summed E-state index contributed by atoms with van der Waals surface area (Å²) in [6.45, 7) is 3.74. The lowest BCUT2D eigenvalue weighted by Gasteiger charge is -2.26. The van der Waals surface area contributed by atoms with Gasteiger partial charge in [-0.1, -0.05) is 30.3 Å². The molecule has 0 aliphatic heterocycles. The monoisotopic (exact) mass is 375 g/mol. The molecule has 0 spiro atoms. The minimum Gasteiger partial charge on any atom is -0.298 e. The normalized spacial score (nSPS) is 16.9. The molecule has 0 amide bonds. The quantitative estimate of drug-likeness (QED) is 0.811. The minimum absolute atomic E-state index is 0.191. The second kappa shape index (κ2) is 7.12. The van der Waals surface area contributed by atoms with E-state index in [1.165, 1.54) is 12.1 Å². The Kier molecular flexibility index (Phi) is 5.08. The maximum atomic E-state index is 12.5. The number of nitrogens with one attached hydrogen (secondary N) is 1. The van der Waals surface area contributed by atoms with Crippen LogP contribution < -0.4 is 4.72 Å². The molecule has 1 aliphatic carbocycles. The molecule has 2 aromatic rings. The van der Waals surface area contributed by atoms with Gasteiger partial charge in [-0.15, -0.1) is 0 Å². The van der Waals surface area contributed by atoms with Gasteiger partial charge >= 0.3 is 0 Å². The Balaban J connectivity index is 1.84. The van der Waals surface area contributed by atoms with E-state index >= 15 is 0 Å². The molecule has 1 atom stereocenters. The van der Waals surface area contributed by atoms with Crippen LogP contribution in [0.2, 0.25) is 5.02 Å². The summed E-state index contributed by atoms with van der Waals surface area (Å²) in [4.78, 5) is 11.5. The van der Waals surface area contributed by atoms with Crippen LogP contribution in [-0.2, 0) is 22.9 Å². The summed E-state index contributed by atoms with van der Waals surface area (Å²) in [7, 11) is -3.61. The average molecular weight is 376 g/mol. The fourth-order valence-corrected chi connectivity index (χ4v) is 4.58. The zero-order chi connectivity index (χ0) is 18.0. The van der Waals surface area contributed by atoms with Gasteiger partial charge in [0.1, 0.15) is 6.29 Å². The SMILES string of the molecule is C=Cc1cc(C=O)c2c(c1)CC(NS(=O)(=O)c1ccc(Cl)cc1)CC2. The van der Waals surface area contributed by atoms with Crippen LogP contribution in [0.5, 0.6) is 0 Å². The van der Waals surface area contributed by atoms with Gasteiger partial charge in [0, 0.05) is 16.6 Å². The first-order chi connectivity index (χ1) is 11.9. The molecule has 1 N–H and O–H groups in total. The molecule has 25 heavy (non-hydrogen) atoms. The van der Waals surface area contributed by atoms with Crippen LogP contribution >= 0.6 is 11.6 Å². The highest BCUT2D eigenvalue weighted by Gasteiger charge is 2.26. The van der Waals surface area contributed by atoms with Crippen LogP contribution in [0.4, 0.5) is 0 Å². The highest BCUT2D eigenvalue weighted by Crippen LogP contribution is 2.27. The zero-order valence-corrected chi connectivity index (χ0v) is 15.1. The minimum atomic E-state index is -3.61. The second-order valence-electron chi connectivity index (χ2n) is 6.08. The van der Waals surface area contributed by atoms with Crippen molar-refractivity contribution in [1.29, 1.82) is 0 Å². The first-order valence-corrected chi connectivity index (χ1v) is 9.80. The molecule has 0 aromatic heterocycles. The van der Waals surface area contributed by atoms with E-state index in [0.717, 1.165) is 23.0 Å². The highest BCUT2D eigenvalue weighted by atomic mass is 35.5. The molecule has 1 unspecified atom stereocenters. The largest absolute Gasteiger partial charge is 0.298 e. The van der Waals surface area contributed by atoms with Gasteiger partial charge in [0.05, 0.1) is 4.90 Å². The Bertz CT molecular complexity index is 920. The van der Waals surface area contributed by atoms with Gasteiger partial charge in [-0.3, -0.25) is 4.79 Å². The summed E-state index contributed by atoms with van der Waals surface area (Å²) in [5, 5.41) is 0.490. The van der Waals surface area contributed by atoms with E-state index in [4.69, 9.17) is 11.6 Å². The third kappa shape index (κ3) is 3.84. The number of carbonyl (C=O) groups excluding carboxylic acids is 1. The Hall–Kier alpha value is -1.95. The fraction of sp³-hybridized carbons (Fsp3) is 0.211. The Morgan fingerprint density at radius 2 is 1.92 bits per heavy atom. The zero-order valence-electron chi connectivity index (χ0n) is 13.5. The number of fused-ring (bicyclic) bond motifs is 1. The topological polar surface area (TPSA) is 63.2 Å². The van der Waals surface area contributed by atoms with Crippen molar-refractivity contribution in [2.75, 3.05) is 0 Å². The van der Waals surface area contributed by atoms with Gasteiger partial charge in [-0.2, -0.15) is 0 Å². The lowest BCUT2D eigenvalue weighted by Crippen LogP contribution is -2.39. The van der Waals surface area contributed by atoms with Crippen molar-refractivity contribution in [2.45, 2.75) is 30.2 Å². The van der Waals surface area contributed by atoms with E-state index < -0.39 is 10.0 Å².